The van der Waals surface area contributed by atoms with Crippen LogP contribution in [0.5, 0.6) is 0 Å². The number of rotatable bonds is 3. The number of hydrogen-bond acceptors (Lipinski definition) is 1. The molecule has 0 saturated carbocycles. The molecule has 0 aliphatic heterocycles. The Morgan fingerprint density at radius 2 is 1.69 bits per heavy atom. The normalized spacial score (nSPS) is 15.4. The number of benzene rings is 1. The molecule has 0 heterocycles. The molecule has 1 aromatic carbocycles. The number of halogens is 1. The highest BCUT2D eigenvalue weighted by molar-refractivity contribution is 6.30. The fourth-order valence-corrected chi connectivity index (χ4v) is 1.43. The molecule has 0 fully saturated rings. The van der Waals surface area contributed by atoms with E-state index in [1.165, 1.54) is 5.56 Å². The Kier molecular flexibility index (Phi) is 3.76. The van der Waals surface area contributed by atoms with E-state index in [4.69, 9.17) is 11.6 Å². The quantitative estimate of drug-likeness (QED) is 0.786. The van der Waals surface area contributed by atoms with Crippen LogP contribution in [0.4, 0.5) is 0 Å². The van der Waals surface area contributed by atoms with E-state index in [1.807, 2.05) is 19.2 Å². The van der Waals surface area contributed by atoms with Gasteiger partial charge in [-0.1, -0.05) is 30.7 Å². The summed E-state index contributed by atoms with van der Waals surface area (Å²) in [5.41, 5.74) is 1.33. The Balaban J connectivity index is 2.77. The second-order valence-corrected chi connectivity index (χ2v) is 3.85. The second-order valence-electron chi connectivity index (χ2n) is 3.42. The third-order valence-corrected chi connectivity index (χ3v) is 2.85. The number of likely N-dealkylation sites (N-methyl/N-ethyl adjacent to an activating group) is 1. The molecule has 1 nitrogen and oxygen atoms in total. The van der Waals surface area contributed by atoms with Crippen LogP contribution < -0.4 is 5.32 Å². The Bertz CT molecular complexity index is 255. The summed E-state index contributed by atoms with van der Waals surface area (Å²) in [7, 11) is 1.98. The summed E-state index contributed by atoms with van der Waals surface area (Å²) >= 11 is 5.81. The Morgan fingerprint density at radius 3 is 2.15 bits per heavy atom. The van der Waals surface area contributed by atoms with Crippen LogP contribution >= 0.6 is 11.6 Å². The highest BCUT2D eigenvalue weighted by atomic mass is 35.5. The zero-order chi connectivity index (χ0) is 9.84. The van der Waals surface area contributed by atoms with Crippen molar-refractivity contribution < 1.29 is 0 Å². The van der Waals surface area contributed by atoms with Gasteiger partial charge in [0.1, 0.15) is 0 Å². The molecule has 13 heavy (non-hydrogen) atoms. The lowest BCUT2D eigenvalue weighted by molar-refractivity contribution is 0.524. The molecule has 0 saturated heterocycles. The summed E-state index contributed by atoms with van der Waals surface area (Å²) in [6.45, 7) is 4.39. The van der Waals surface area contributed by atoms with Gasteiger partial charge in [0.25, 0.3) is 0 Å². The molecule has 0 unspecified atom stereocenters. The van der Waals surface area contributed by atoms with Crippen molar-refractivity contribution >= 4 is 11.6 Å². The average Bonchev–Trinajstić information content (AvgIpc) is 2.17. The molecule has 2 atom stereocenters. The monoisotopic (exact) mass is 197 g/mol. The number of nitrogens with one attached hydrogen (secondary N) is 1. The molecule has 1 aromatic rings. The summed E-state index contributed by atoms with van der Waals surface area (Å²) in [5.74, 6) is 0.516. The van der Waals surface area contributed by atoms with Crippen molar-refractivity contribution in [3.05, 3.63) is 34.9 Å². The van der Waals surface area contributed by atoms with Crippen molar-refractivity contribution in [1.82, 2.24) is 5.32 Å². The largest absolute Gasteiger partial charge is 0.317 e. The van der Waals surface area contributed by atoms with Gasteiger partial charge in [0.15, 0.2) is 0 Å². The van der Waals surface area contributed by atoms with Crippen molar-refractivity contribution in [1.29, 1.82) is 0 Å². The first-order chi connectivity index (χ1) is 6.15. The van der Waals surface area contributed by atoms with Gasteiger partial charge in [-0.05, 0) is 37.6 Å². The van der Waals surface area contributed by atoms with Crippen molar-refractivity contribution in [2.75, 3.05) is 7.05 Å². The lowest BCUT2D eigenvalue weighted by atomic mass is 9.95. The van der Waals surface area contributed by atoms with Crippen molar-refractivity contribution in [2.24, 2.45) is 0 Å². The maximum absolute atomic E-state index is 5.81. The van der Waals surface area contributed by atoms with Crippen LogP contribution in [0, 0.1) is 0 Å². The molecule has 0 aliphatic carbocycles. The zero-order valence-corrected chi connectivity index (χ0v) is 9.10. The van der Waals surface area contributed by atoms with Gasteiger partial charge >= 0.3 is 0 Å². The molecule has 1 N–H and O–H groups in total. The molecule has 0 bridgehead atoms. The Hall–Kier alpha value is -0.530. The molecule has 0 radical (unpaired) electrons. The highest BCUT2D eigenvalue weighted by Gasteiger charge is 2.11. The van der Waals surface area contributed by atoms with Gasteiger partial charge in [-0.2, -0.15) is 0 Å². The third-order valence-electron chi connectivity index (χ3n) is 2.60. The van der Waals surface area contributed by atoms with Crippen LogP contribution in [0.25, 0.3) is 0 Å². The Labute approximate surface area is 85.1 Å². The maximum Gasteiger partial charge on any atom is 0.0406 e. The molecule has 0 amide bonds. The molecule has 0 spiro atoms. The minimum Gasteiger partial charge on any atom is -0.317 e. The lowest BCUT2D eigenvalue weighted by Gasteiger charge is -2.19. The molecule has 0 aliphatic rings. The number of hydrogen-bond donors (Lipinski definition) is 1. The molecule has 1 rings (SSSR count). The standard InChI is InChI=1S/C11H16ClN/c1-8(9(2)13-3)10-4-6-11(12)7-5-10/h4-9,13H,1-3H3/t8-,9+/m1/s1. The van der Waals surface area contributed by atoms with Crippen LogP contribution in [0.3, 0.4) is 0 Å². The summed E-state index contributed by atoms with van der Waals surface area (Å²) in [4.78, 5) is 0. The fourth-order valence-electron chi connectivity index (χ4n) is 1.31. The summed E-state index contributed by atoms with van der Waals surface area (Å²) in [6, 6.07) is 8.54. The van der Waals surface area contributed by atoms with Crippen molar-refractivity contribution in [3.8, 4) is 0 Å². The van der Waals surface area contributed by atoms with Crippen molar-refractivity contribution in [3.63, 3.8) is 0 Å². The van der Waals surface area contributed by atoms with Crippen LogP contribution in [-0.4, -0.2) is 13.1 Å². The first-order valence-corrected chi connectivity index (χ1v) is 4.95. The first-order valence-electron chi connectivity index (χ1n) is 4.58. The van der Waals surface area contributed by atoms with Gasteiger partial charge in [-0.25, -0.2) is 0 Å². The predicted octanol–water partition coefficient (Wildman–Crippen LogP) is 3.05. The van der Waals surface area contributed by atoms with Gasteiger partial charge in [0.05, 0.1) is 0 Å². The van der Waals surface area contributed by atoms with E-state index >= 15 is 0 Å². The summed E-state index contributed by atoms with van der Waals surface area (Å²) in [6.07, 6.45) is 0. The van der Waals surface area contributed by atoms with Gasteiger partial charge in [-0.15, -0.1) is 0 Å². The SMILES string of the molecule is CN[C@@H](C)[C@@H](C)c1ccc(Cl)cc1. The van der Waals surface area contributed by atoms with E-state index in [1.54, 1.807) is 0 Å². The third kappa shape index (κ3) is 2.71. The second kappa shape index (κ2) is 4.64. The predicted molar refractivity (Wildman–Crippen MR) is 58.4 cm³/mol. The van der Waals surface area contributed by atoms with E-state index in [-0.39, 0.29) is 0 Å². The van der Waals surface area contributed by atoms with E-state index in [2.05, 4.69) is 31.3 Å². The van der Waals surface area contributed by atoms with Crippen LogP contribution in [0.15, 0.2) is 24.3 Å². The highest BCUT2D eigenvalue weighted by Crippen LogP contribution is 2.20. The van der Waals surface area contributed by atoms with Crippen molar-refractivity contribution in [2.45, 2.75) is 25.8 Å². The Morgan fingerprint density at radius 1 is 1.15 bits per heavy atom. The van der Waals surface area contributed by atoms with Gasteiger partial charge in [0.2, 0.25) is 0 Å². The molecular formula is C11H16ClN. The first kappa shape index (κ1) is 10.6. The topological polar surface area (TPSA) is 12.0 Å². The molecular weight excluding hydrogens is 182 g/mol. The minimum absolute atomic E-state index is 0.487. The van der Waals surface area contributed by atoms with E-state index in [9.17, 15) is 0 Å². The minimum atomic E-state index is 0.487. The average molecular weight is 198 g/mol. The van der Waals surface area contributed by atoms with E-state index < -0.39 is 0 Å². The molecule has 2 heteroatoms. The van der Waals surface area contributed by atoms with Crippen LogP contribution in [-0.2, 0) is 0 Å². The van der Waals surface area contributed by atoms with Gasteiger partial charge < -0.3 is 5.32 Å². The van der Waals surface area contributed by atoms with Gasteiger partial charge in [-0.3, -0.25) is 0 Å². The van der Waals surface area contributed by atoms with Crippen LogP contribution in [0.2, 0.25) is 5.02 Å². The summed E-state index contributed by atoms with van der Waals surface area (Å²) < 4.78 is 0. The molecule has 72 valence electrons. The fraction of sp³-hybridized carbons (Fsp3) is 0.455. The smallest absolute Gasteiger partial charge is 0.0406 e. The zero-order valence-electron chi connectivity index (χ0n) is 8.34. The van der Waals surface area contributed by atoms with E-state index in [0.717, 1.165) is 5.02 Å². The van der Waals surface area contributed by atoms with Gasteiger partial charge in [0, 0.05) is 11.1 Å². The maximum atomic E-state index is 5.81. The van der Waals surface area contributed by atoms with Crippen LogP contribution in [0.1, 0.15) is 25.3 Å². The van der Waals surface area contributed by atoms with E-state index in [0.29, 0.717) is 12.0 Å². The lowest BCUT2D eigenvalue weighted by Crippen LogP contribution is -2.27. The summed E-state index contributed by atoms with van der Waals surface area (Å²) in [5, 5.41) is 4.04. The molecule has 0 aromatic heterocycles.